The minimum Gasteiger partial charge on any atom is -0.437 e. The first-order chi connectivity index (χ1) is 8.50. The lowest BCUT2D eigenvalue weighted by molar-refractivity contribution is -0.119. The molecule has 1 amide bonds. The Labute approximate surface area is 111 Å². The first kappa shape index (κ1) is 13.1. The van der Waals surface area contributed by atoms with E-state index in [0.29, 0.717) is 11.3 Å². The summed E-state index contributed by atoms with van der Waals surface area (Å²) >= 11 is 6.11. The smallest absolute Gasteiger partial charge is 0.375 e. The van der Waals surface area contributed by atoms with E-state index in [1.807, 2.05) is 12.1 Å². The van der Waals surface area contributed by atoms with Crippen LogP contribution in [0.25, 0.3) is 0 Å². The molecule has 0 saturated carbocycles. The highest BCUT2D eigenvalue weighted by Gasteiger charge is 2.29. The number of benzene rings is 1. The summed E-state index contributed by atoms with van der Waals surface area (Å²) < 4.78 is 0. The summed E-state index contributed by atoms with van der Waals surface area (Å²) in [6.07, 6.45) is -0.880. The Morgan fingerprint density at radius 3 is 2.83 bits per heavy atom. The van der Waals surface area contributed by atoms with Crippen LogP contribution in [0.3, 0.4) is 0 Å². The van der Waals surface area contributed by atoms with Gasteiger partial charge in [-0.05, 0) is 19.0 Å². The van der Waals surface area contributed by atoms with Gasteiger partial charge in [-0.1, -0.05) is 23.7 Å². The lowest BCUT2D eigenvalue weighted by Gasteiger charge is -2.21. The van der Waals surface area contributed by atoms with Gasteiger partial charge in [0, 0.05) is 12.6 Å². The number of nitrogens with zero attached hydrogens (tertiary/aromatic N) is 2. The highest BCUT2D eigenvalue weighted by atomic mass is 35.5. The van der Waals surface area contributed by atoms with E-state index in [1.165, 1.54) is 11.7 Å². The standard InChI is InChI=1S/C11H13BClN3O2/c1-12(18)15-10-11(17)16(2)8-6-4-3-5-7(8)9(13)14-10/h3-6,10,15,18H,1-2H3. The fraction of sp³-hybridized carbons (Fsp3) is 0.273. The molecular weight excluding hydrogens is 252 g/mol. The number of carbonyl (C=O) groups excluding carboxylic acids is 1. The molecule has 1 aliphatic heterocycles. The van der Waals surface area contributed by atoms with Gasteiger partial charge in [-0.25, -0.2) is 4.99 Å². The molecule has 0 aromatic heterocycles. The van der Waals surface area contributed by atoms with Crippen molar-refractivity contribution in [3.8, 4) is 0 Å². The topological polar surface area (TPSA) is 64.9 Å². The molecule has 0 bridgehead atoms. The fourth-order valence-corrected chi connectivity index (χ4v) is 2.08. The average Bonchev–Trinajstić information content (AvgIpc) is 2.42. The minimum absolute atomic E-state index is 0.251. The highest BCUT2D eigenvalue weighted by Crippen LogP contribution is 2.25. The Morgan fingerprint density at radius 1 is 1.50 bits per heavy atom. The van der Waals surface area contributed by atoms with Crippen molar-refractivity contribution in [2.45, 2.75) is 13.0 Å². The van der Waals surface area contributed by atoms with Crippen molar-refractivity contribution < 1.29 is 9.82 Å². The van der Waals surface area contributed by atoms with E-state index in [4.69, 9.17) is 11.6 Å². The number of hydrogen-bond donors (Lipinski definition) is 2. The number of rotatable bonds is 2. The number of carbonyl (C=O) groups is 1. The van der Waals surface area contributed by atoms with Gasteiger partial charge in [0.25, 0.3) is 5.91 Å². The maximum Gasteiger partial charge on any atom is 0.375 e. The van der Waals surface area contributed by atoms with Crippen LogP contribution in [-0.4, -0.2) is 36.4 Å². The Morgan fingerprint density at radius 2 is 2.17 bits per heavy atom. The summed E-state index contributed by atoms with van der Waals surface area (Å²) in [6.45, 7) is 1.52. The number of para-hydroxylation sites is 1. The van der Waals surface area contributed by atoms with Gasteiger partial charge in [0.05, 0.1) is 5.69 Å². The quantitative estimate of drug-likeness (QED) is 0.773. The first-order valence-corrected chi connectivity index (χ1v) is 5.93. The van der Waals surface area contributed by atoms with Gasteiger partial charge in [-0.2, -0.15) is 0 Å². The third-order valence-electron chi connectivity index (χ3n) is 2.69. The second-order valence-electron chi connectivity index (χ2n) is 4.08. The highest BCUT2D eigenvalue weighted by molar-refractivity contribution is 6.70. The molecule has 0 radical (unpaired) electrons. The first-order valence-electron chi connectivity index (χ1n) is 5.55. The molecule has 1 aromatic carbocycles. The number of hydrogen-bond acceptors (Lipinski definition) is 4. The molecule has 2 rings (SSSR count). The molecule has 1 heterocycles. The Kier molecular flexibility index (Phi) is 3.70. The number of aliphatic imine (C=N–C) groups is 1. The number of amides is 1. The van der Waals surface area contributed by atoms with Crippen molar-refractivity contribution in [1.82, 2.24) is 5.23 Å². The summed E-state index contributed by atoms with van der Waals surface area (Å²) in [5.74, 6) is -0.265. The third-order valence-corrected chi connectivity index (χ3v) is 2.99. The number of nitrogens with one attached hydrogen (secondary N) is 1. The van der Waals surface area contributed by atoms with Gasteiger partial charge in [0.2, 0.25) is 0 Å². The second-order valence-corrected chi connectivity index (χ2v) is 4.44. The maximum atomic E-state index is 12.2. The number of fused-ring (bicyclic) bond motifs is 1. The van der Waals surface area contributed by atoms with Gasteiger partial charge >= 0.3 is 7.05 Å². The fourth-order valence-electron chi connectivity index (χ4n) is 1.82. The maximum absolute atomic E-state index is 12.2. The van der Waals surface area contributed by atoms with E-state index in [-0.39, 0.29) is 11.1 Å². The molecule has 94 valence electrons. The van der Waals surface area contributed by atoms with Crippen LogP contribution >= 0.6 is 11.6 Å². The van der Waals surface area contributed by atoms with Crippen molar-refractivity contribution in [1.29, 1.82) is 0 Å². The molecule has 0 saturated heterocycles. The third kappa shape index (κ3) is 2.41. The normalized spacial score (nSPS) is 19.1. The van der Waals surface area contributed by atoms with Crippen LogP contribution in [-0.2, 0) is 4.79 Å². The summed E-state index contributed by atoms with van der Waals surface area (Å²) in [6, 6.07) is 7.26. The molecule has 0 spiro atoms. The van der Waals surface area contributed by atoms with Crippen molar-refractivity contribution in [3.63, 3.8) is 0 Å². The molecule has 1 aromatic rings. The van der Waals surface area contributed by atoms with Crippen LogP contribution in [0.1, 0.15) is 5.56 Å². The van der Waals surface area contributed by atoms with Crippen LogP contribution in [0.5, 0.6) is 0 Å². The Bertz CT molecular complexity index is 507. The monoisotopic (exact) mass is 265 g/mol. The molecule has 7 heteroatoms. The van der Waals surface area contributed by atoms with Gasteiger partial charge in [0.1, 0.15) is 5.17 Å². The Hall–Kier alpha value is -1.37. The van der Waals surface area contributed by atoms with E-state index < -0.39 is 13.2 Å². The molecule has 1 aliphatic rings. The van der Waals surface area contributed by atoms with E-state index in [2.05, 4.69) is 10.2 Å². The molecule has 1 unspecified atom stereocenters. The van der Waals surface area contributed by atoms with Gasteiger partial charge in [-0.15, -0.1) is 0 Å². The van der Waals surface area contributed by atoms with E-state index >= 15 is 0 Å². The van der Waals surface area contributed by atoms with E-state index in [1.54, 1.807) is 19.2 Å². The summed E-state index contributed by atoms with van der Waals surface area (Å²) in [5.41, 5.74) is 1.40. The van der Waals surface area contributed by atoms with Gasteiger partial charge < -0.3 is 15.2 Å². The van der Waals surface area contributed by atoms with Crippen molar-refractivity contribution in [2.24, 2.45) is 4.99 Å². The average molecular weight is 266 g/mol. The molecule has 2 N–H and O–H groups in total. The van der Waals surface area contributed by atoms with E-state index in [0.717, 1.165) is 0 Å². The largest absolute Gasteiger partial charge is 0.437 e. The van der Waals surface area contributed by atoms with Crippen LogP contribution in [0, 0.1) is 0 Å². The van der Waals surface area contributed by atoms with Gasteiger partial charge in [0.15, 0.2) is 6.17 Å². The van der Waals surface area contributed by atoms with Crippen molar-refractivity contribution in [2.75, 3.05) is 11.9 Å². The predicted octanol–water partition coefficient (Wildman–Crippen LogP) is 0.674. The summed E-state index contributed by atoms with van der Waals surface area (Å²) in [5, 5.41) is 12.2. The number of halogens is 1. The molecule has 5 nitrogen and oxygen atoms in total. The zero-order valence-electron chi connectivity index (χ0n) is 10.1. The summed E-state index contributed by atoms with van der Waals surface area (Å²) in [7, 11) is 0.810. The number of benzodiazepines with no additional fused rings is 1. The van der Waals surface area contributed by atoms with Gasteiger partial charge in [-0.3, -0.25) is 4.79 Å². The Balaban J connectivity index is 2.45. The van der Waals surface area contributed by atoms with E-state index in [9.17, 15) is 9.82 Å². The molecular formula is C11H13BClN3O2. The predicted molar refractivity (Wildman–Crippen MR) is 73.0 cm³/mol. The number of likely N-dealkylation sites (N-methyl/N-ethyl adjacent to an activating group) is 1. The van der Waals surface area contributed by atoms with Crippen LogP contribution in [0.2, 0.25) is 6.82 Å². The number of anilines is 1. The molecule has 18 heavy (non-hydrogen) atoms. The van der Waals surface area contributed by atoms with Crippen molar-refractivity contribution in [3.05, 3.63) is 29.8 Å². The summed E-state index contributed by atoms with van der Waals surface area (Å²) in [4.78, 5) is 17.8. The molecule has 1 atom stereocenters. The van der Waals surface area contributed by atoms with Crippen LogP contribution < -0.4 is 10.1 Å². The lowest BCUT2D eigenvalue weighted by Crippen LogP contribution is -2.48. The second kappa shape index (κ2) is 5.10. The molecule has 0 aliphatic carbocycles. The SMILES string of the molecule is CB(O)NC1N=C(Cl)c2ccccc2N(C)C1=O. The molecule has 0 fully saturated rings. The zero-order chi connectivity index (χ0) is 13.3. The van der Waals surface area contributed by atoms with Crippen LogP contribution in [0.4, 0.5) is 5.69 Å². The zero-order valence-corrected chi connectivity index (χ0v) is 10.8. The van der Waals surface area contributed by atoms with Crippen molar-refractivity contribution >= 4 is 35.4 Å². The van der Waals surface area contributed by atoms with Crippen LogP contribution in [0.15, 0.2) is 29.3 Å². The minimum atomic E-state index is -0.880. The lowest BCUT2D eigenvalue weighted by atomic mass is 9.88.